The van der Waals surface area contributed by atoms with E-state index < -0.39 is 40.3 Å². The van der Waals surface area contributed by atoms with Crippen molar-refractivity contribution in [1.82, 2.24) is 4.98 Å². The molecule has 0 aliphatic heterocycles. The molecule has 180 valence electrons. The van der Waals surface area contributed by atoms with Gasteiger partial charge in [0, 0.05) is 16.0 Å². The summed E-state index contributed by atoms with van der Waals surface area (Å²) >= 11 is 5.72. The molecule has 3 N–H and O–H groups in total. The van der Waals surface area contributed by atoms with Crippen molar-refractivity contribution < 1.29 is 27.6 Å². The third-order valence-corrected chi connectivity index (χ3v) is 4.32. The number of rotatable bonds is 5. The standard InChI is InChI=1S/C17H16ClF4N3O3.2C2H6/c1-15(2,23)10-6-13(9-3-4-12(19)11(18)5-9)24-14(7-10)16(26,8-25(27)28)17(20,21)22;2*1-2/h3-7,26H,8,23H2,1-2H3;2*1-2H3. The molecule has 0 radical (unpaired) electrons. The Balaban J connectivity index is 0.00000227. The summed E-state index contributed by atoms with van der Waals surface area (Å²) in [6.45, 7) is 9.14. The fourth-order valence-electron chi connectivity index (χ4n) is 2.42. The van der Waals surface area contributed by atoms with Crippen molar-refractivity contribution in [2.24, 2.45) is 5.73 Å². The summed E-state index contributed by atoms with van der Waals surface area (Å²) in [5, 5.41) is 20.7. The molecule has 0 fully saturated rings. The van der Waals surface area contributed by atoms with Gasteiger partial charge in [-0.1, -0.05) is 39.3 Å². The van der Waals surface area contributed by atoms with Gasteiger partial charge in [0.05, 0.1) is 16.4 Å². The molecule has 1 unspecified atom stereocenters. The Kier molecular flexibility index (Phi) is 10.7. The van der Waals surface area contributed by atoms with Gasteiger partial charge in [0.2, 0.25) is 6.54 Å². The van der Waals surface area contributed by atoms with E-state index in [0.717, 1.165) is 18.2 Å². The molecule has 1 heterocycles. The molecule has 0 aliphatic carbocycles. The molecule has 0 saturated heterocycles. The Morgan fingerprint density at radius 3 is 2.06 bits per heavy atom. The van der Waals surface area contributed by atoms with E-state index in [2.05, 4.69) is 4.98 Å². The number of pyridine rings is 1. The Labute approximate surface area is 189 Å². The van der Waals surface area contributed by atoms with Gasteiger partial charge in [0.1, 0.15) is 5.82 Å². The van der Waals surface area contributed by atoms with Crippen LogP contribution in [0.5, 0.6) is 0 Å². The predicted octanol–water partition coefficient (Wildman–Crippen LogP) is 5.81. The fourth-order valence-corrected chi connectivity index (χ4v) is 2.60. The van der Waals surface area contributed by atoms with Gasteiger partial charge in [-0.15, -0.1) is 0 Å². The number of halogens is 5. The van der Waals surface area contributed by atoms with Crippen molar-refractivity contribution in [3.8, 4) is 11.3 Å². The lowest BCUT2D eigenvalue weighted by molar-refractivity contribution is -0.519. The van der Waals surface area contributed by atoms with E-state index >= 15 is 0 Å². The molecule has 0 amide bonds. The molecule has 6 nitrogen and oxygen atoms in total. The van der Waals surface area contributed by atoms with Crippen LogP contribution in [0.1, 0.15) is 52.8 Å². The number of aromatic nitrogens is 1. The minimum atomic E-state index is -5.39. The molecular weight excluding hydrogens is 454 g/mol. The largest absolute Gasteiger partial charge is 0.429 e. The summed E-state index contributed by atoms with van der Waals surface area (Å²) in [6, 6.07) is 5.56. The van der Waals surface area contributed by atoms with E-state index in [0.29, 0.717) is 0 Å². The topological polar surface area (TPSA) is 102 Å². The first-order chi connectivity index (χ1) is 14.6. The predicted molar refractivity (Wildman–Crippen MR) is 116 cm³/mol. The van der Waals surface area contributed by atoms with Crippen molar-refractivity contribution in [2.45, 2.75) is 58.9 Å². The second-order valence-corrected chi connectivity index (χ2v) is 7.23. The highest BCUT2D eigenvalue weighted by molar-refractivity contribution is 6.31. The van der Waals surface area contributed by atoms with Crippen LogP contribution in [0.3, 0.4) is 0 Å². The van der Waals surface area contributed by atoms with Gasteiger partial charge in [-0.05, 0) is 49.7 Å². The lowest BCUT2D eigenvalue weighted by Gasteiger charge is -2.28. The zero-order chi connectivity index (χ0) is 25.5. The van der Waals surface area contributed by atoms with Crippen LogP contribution >= 0.6 is 11.6 Å². The van der Waals surface area contributed by atoms with E-state index in [1.807, 2.05) is 27.7 Å². The Hall–Kier alpha value is -2.30. The number of nitro groups is 1. The van der Waals surface area contributed by atoms with Crippen molar-refractivity contribution in [3.05, 3.63) is 62.5 Å². The normalized spacial score (nSPS) is 13.2. The first-order valence-corrected chi connectivity index (χ1v) is 10.2. The molecule has 1 atom stereocenters. The Morgan fingerprint density at radius 2 is 1.66 bits per heavy atom. The highest BCUT2D eigenvalue weighted by Crippen LogP contribution is 2.40. The smallest absolute Gasteiger partial charge is 0.370 e. The maximum atomic E-state index is 13.5. The van der Waals surface area contributed by atoms with Crippen LogP contribution in [-0.2, 0) is 11.1 Å². The van der Waals surface area contributed by atoms with Crippen molar-refractivity contribution in [1.29, 1.82) is 0 Å². The van der Waals surface area contributed by atoms with Gasteiger partial charge < -0.3 is 10.8 Å². The van der Waals surface area contributed by atoms with E-state index in [9.17, 15) is 32.8 Å². The lowest BCUT2D eigenvalue weighted by atomic mass is 9.89. The third-order valence-electron chi connectivity index (χ3n) is 4.04. The van der Waals surface area contributed by atoms with Crippen molar-refractivity contribution in [2.75, 3.05) is 6.54 Å². The van der Waals surface area contributed by atoms with Gasteiger partial charge in [-0.3, -0.25) is 10.1 Å². The van der Waals surface area contributed by atoms with E-state index in [4.69, 9.17) is 17.3 Å². The van der Waals surface area contributed by atoms with Gasteiger partial charge in [-0.2, -0.15) is 13.2 Å². The zero-order valence-electron chi connectivity index (χ0n) is 18.7. The number of hydrogen-bond acceptors (Lipinski definition) is 5. The van der Waals surface area contributed by atoms with Gasteiger partial charge in [0.25, 0.3) is 5.60 Å². The molecular formula is C21H28ClF4N3O3. The molecule has 0 saturated carbocycles. The SMILES string of the molecule is CC.CC.CC(C)(N)c1cc(-c2ccc(F)c(Cl)c2)nc(C(O)(C[N+](=O)[O-])C(F)(F)F)c1. The van der Waals surface area contributed by atoms with E-state index in [1.165, 1.54) is 26.0 Å². The van der Waals surface area contributed by atoms with Crippen LogP contribution in [-0.4, -0.2) is 27.7 Å². The molecule has 1 aromatic heterocycles. The van der Waals surface area contributed by atoms with Crippen LogP contribution in [0.15, 0.2) is 30.3 Å². The summed E-state index contributed by atoms with van der Waals surface area (Å²) in [6.07, 6.45) is -5.39. The maximum Gasteiger partial charge on any atom is 0.429 e. The van der Waals surface area contributed by atoms with Crippen molar-refractivity contribution in [3.63, 3.8) is 0 Å². The zero-order valence-corrected chi connectivity index (χ0v) is 19.5. The van der Waals surface area contributed by atoms with Crippen LogP contribution in [0, 0.1) is 15.9 Å². The summed E-state index contributed by atoms with van der Waals surface area (Å²) in [7, 11) is 0. The second-order valence-electron chi connectivity index (χ2n) is 6.83. The van der Waals surface area contributed by atoms with E-state index in [1.54, 1.807) is 0 Å². The summed E-state index contributed by atoms with van der Waals surface area (Å²) < 4.78 is 54.0. The molecule has 2 rings (SSSR count). The first kappa shape index (κ1) is 29.7. The monoisotopic (exact) mass is 481 g/mol. The fraction of sp³-hybridized carbons (Fsp3) is 0.476. The molecule has 0 aliphatic rings. The Bertz CT molecular complexity index is 918. The maximum absolute atomic E-state index is 13.5. The van der Waals surface area contributed by atoms with Crippen molar-refractivity contribution >= 4 is 11.6 Å². The van der Waals surface area contributed by atoms with Gasteiger partial charge in [0.15, 0.2) is 0 Å². The third kappa shape index (κ3) is 7.11. The molecule has 32 heavy (non-hydrogen) atoms. The molecule has 0 spiro atoms. The average molecular weight is 482 g/mol. The molecule has 0 bridgehead atoms. The highest BCUT2D eigenvalue weighted by atomic mass is 35.5. The number of hydrogen-bond donors (Lipinski definition) is 2. The summed E-state index contributed by atoms with van der Waals surface area (Å²) in [4.78, 5) is 13.3. The number of aliphatic hydroxyl groups is 1. The summed E-state index contributed by atoms with van der Waals surface area (Å²) in [5.74, 6) is -0.749. The molecule has 1 aromatic carbocycles. The minimum absolute atomic E-state index is 0.112. The minimum Gasteiger partial charge on any atom is -0.370 e. The molecule has 11 heteroatoms. The van der Waals surface area contributed by atoms with E-state index in [-0.39, 0.29) is 21.8 Å². The lowest BCUT2D eigenvalue weighted by Crippen LogP contribution is -2.48. The number of nitrogens with zero attached hydrogens (tertiary/aromatic N) is 2. The Morgan fingerprint density at radius 1 is 1.12 bits per heavy atom. The highest BCUT2D eigenvalue weighted by Gasteiger charge is 2.60. The molecule has 2 aromatic rings. The van der Waals surface area contributed by atoms with Crippen LogP contribution in [0.2, 0.25) is 5.02 Å². The van der Waals surface area contributed by atoms with Gasteiger partial charge in [-0.25, -0.2) is 9.37 Å². The van der Waals surface area contributed by atoms with Crippen LogP contribution in [0.25, 0.3) is 11.3 Å². The average Bonchev–Trinajstić information content (AvgIpc) is 2.70. The quantitative estimate of drug-likeness (QED) is 0.318. The first-order valence-electron chi connectivity index (χ1n) is 9.83. The van der Waals surface area contributed by atoms with Gasteiger partial charge >= 0.3 is 6.18 Å². The number of benzene rings is 1. The number of nitrogens with two attached hydrogens (primary N) is 1. The van der Waals surface area contributed by atoms with Crippen LogP contribution < -0.4 is 5.73 Å². The van der Waals surface area contributed by atoms with Crippen LogP contribution in [0.4, 0.5) is 17.6 Å². The number of alkyl halides is 3. The second kappa shape index (κ2) is 11.5. The summed E-state index contributed by atoms with van der Waals surface area (Å²) in [5.41, 5.74) is 0.107.